The summed E-state index contributed by atoms with van der Waals surface area (Å²) in [6.45, 7) is 23.8. The second-order valence-corrected chi connectivity index (χ2v) is 17.2. The Balaban J connectivity index is -0.000000771. The van der Waals surface area contributed by atoms with Gasteiger partial charge < -0.3 is 33.9 Å². The fraction of sp³-hybridized carbons (Fsp3) is 0.865. The van der Waals surface area contributed by atoms with Gasteiger partial charge in [-0.1, -0.05) is 32.5 Å². The van der Waals surface area contributed by atoms with E-state index >= 15 is 0 Å². The zero-order chi connectivity index (χ0) is 40.8. The van der Waals surface area contributed by atoms with Gasteiger partial charge in [0.15, 0.2) is 5.12 Å². The number of nitrogens with zero attached hydrogens (tertiary/aromatic N) is 2. The van der Waals surface area contributed by atoms with Crippen LogP contribution in [0.1, 0.15) is 109 Å². The summed E-state index contributed by atoms with van der Waals surface area (Å²) in [6, 6.07) is 0.0357. The van der Waals surface area contributed by atoms with Crippen LogP contribution in [0.4, 0.5) is 9.59 Å². The van der Waals surface area contributed by atoms with Crippen molar-refractivity contribution in [3.63, 3.8) is 0 Å². The first-order valence-corrected chi connectivity index (χ1v) is 21.9. The van der Waals surface area contributed by atoms with Gasteiger partial charge in [0, 0.05) is 42.6 Å². The maximum Gasteiger partial charge on any atom is 1.00 e. The summed E-state index contributed by atoms with van der Waals surface area (Å²) in [5.74, 6) is -0.887. The van der Waals surface area contributed by atoms with Gasteiger partial charge >= 0.3 is 75.5 Å². The molecular weight excluding hydrogens is 768 g/mol. The number of carbonyl (C=O) groups excluding carboxylic acids is 5. The molecule has 2 aliphatic rings. The van der Waals surface area contributed by atoms with E-state index in [9.17, 15) is 24.0 Å². The Kier molecular flexibility index (Phi) is 32.3. The number of rotatable bonds is 10. The summed E-state index contributed by atoms with van der Waals surface area (Å²) in [7, 11) is 0. The van der Waals surface area contributed by atoms with Crippen LogP contribution in [0.2, 0.25) is 0 Å². The molecule has 0 radical (unpaired) electrons. The summed E-state index contributed by atoms with van der Waals surface area (Å²) < 4.78 is 21.3. The fourth-order valence-electron chi connectivity index (χ4n) is 5.57. The van der Waals surface area contributed by atoms with Crippen molar-refractivity contribution in [1.82, 2.24) is 9.80 Å². The SMILES string of the molecule is CCOC(=O)[C@@H](C)[C@@H](SC)[C@@H]1CCCN1C(=O)OC(C)(C)C.CCOC(=O)[C@H](C)[C@@H](SC)[C@@H]1CCCN1C(=O)OC(C)(C)C.CC[O-].CSC(C)=O.[K+]. The van der Waals surface area contributed by atoms with Crippen molar-refractivity contribution >= 4 is 64.5 Å². The van der Waals surface area contributed by atoms with E-state index in [1.807, 2.05) is 67.9 Å². The first kappa shape index (κ1) is 57.1. The third-order valence-electron chi connectivity index (χ3n) is 7.75. The molecule has 306 valence electrons. The predicted molar refractivity (Wildman–Crippen MR) is 213 cm³/mol. The van der Waals surface area contributed by atoms with E-state index in [-0.39, 0.29) is 122 Å². The third-order valence-corrected chi connectivity index (χ3v) is 10.9. The van der Waals surface area contributed by atoms with Crippen LogP contribution in [0.25, 0.3) is 0 Å². The van der Waals surface area contributed by atoms with Crippen molar-refractivity contribution in [2.24, 2.45) is 11.8 Å². The van der Waals surface area contributed by atoms with Crippen molar-refractivity contribution in [2.45, 2.75) is 143 Å². The molecule has 12 nitrogen and oxygen atoms in total. The van der Waals surface area contributed by atoms with E-state index in [0.717, 1.165) is 25.7 Å². The molecule has 2 saturated heterocycles. The second-order valence-electron chi connectivity index (χ2n) is 14.2. The average Bonchev–Trinajstić information content (AvgIpc) is 3.72. The van der Waals surface area contributed by atoms with Crippen LogP contribution in [0.3, 0.4) is 0 Å². The third kappa shape index (κ3) is 23.6. The first-order valence-electron chi connectivity index (χ1n) is 18.1. The van der Waals surface area contributed by atoms with E-state index in [1.54, 1.807) is 67.3 Å². The zero-order valence-electron chi connectivity index (χ0n) is 35.5. The van der Waals surface area contributed by atoms with Crippen LogP contribution in [0.5, 0.6) is 0 Å². The summed E-state index contributed by atoms with van der Waals surface area (Å²) >= 11 is 4.48. The molecule has 2 aliphatic heterocycles. The summed E-state index contributed by atoms with van der Waals surface area (Å²) in [5.41, 5.74) is -1.02. The van der Waals surface area contributed by atoms with Crippen LogP contribution >= 0.6 is 35.3 Å². The quantitative estimate of drug-likeness (QED) is 0.178. The molecule has 53 heavy (non-hydrogen) atoms. The normalized spacial score (nSPS) is 18.8. The average molecular weight is 837 g/mol. The molecular formula is C37H69KN2O10S3. The maximum atomic E-state index is 12.4. The first-order chi connectivity index (χ1) is 24.1. The van der Waals surface area contributed by atoms with Crippen molar-refractivity contribution in [2.75, 3.05) is 51.7 Å². The number of hydrogen-bond donors (Lipinski definition) is 0. The molecule has 0 N–H and O–H groups in total. The Morgan fingerprint density at radius 1 is 0.698 bits per heavy atom. The van der Waals surface area contributed by atoms with E-state index in [0.29, 0.717) is 26.3 Å². The van der Waals surface area contributed by atoms with Gasteiger partial charge in [-0.05, 0) is 99.8 Å². The Morgan fingerprint density at radius 2 is 0.981 bits per heavy atom. The molecule has 2 rings (SSSR count). The number of amides is 2. The largest absolute Gasteiger partial charge is 1.00 e. The second kappa shape index (κ2) is 30.0. The minimum atomic E-state index is -0.508. The van der Waals surface area contributed by atoms with Gasteiger partial charge in [0.2, 0.25) is 0 Å². The summed E-state index contributed by atoms with van der Waals surface area (Å²) in [6.07, 6.45) is 8.83. The van der Waals surface area contributed by atoms with Gasteiger partial charge in [0.1, 0.15) is 11.2 Å². The molecule has 16 heteroatoms. The molecule has 0 aliphatic carbocycles. The summed E-state index contributed by atoms with van der Waals surface area (Å²) in [4.78, 5) is 62.2. The van der Waals surface area contributed by atoms with Crippen molar-refractivity contribution in [3.05, 3.63) is 0 Å². The van der Waals surface area contributed by atoms with E-state index in [4.69, 9.17) is 24.1 Å². The monoisotopic (exact) mass is 836 g/mol. The van der Waals surface area contributed by atoms with Crippen molar-refractivity contribution in [1.29, 1.82) is 0 Å². The number of ether oxygens (including phenoxy) is 4. The van der Waals surface area contributed by atoms with Gasteiger partial charge in [0.05, 0.1) is 25.0 Å². The molecule has 0 unspecified atom stereocenters. The minimum absolute atomic E-state index is 0. The standard InChI is InChI=1S/2C16H29NO4S.C3H6OS.C2H5O.K/c2*1-7-20-14(18)11(2)13(22-6)12-9-8-10-17(12)15(19)21-16(3,4)5;1-3(4)5-2;1-2-3;/h2*11-13H,7-10H2,1-6H3;1-2H3;2H2,1H3;/q;;;-1;+1/t11-,12+,13-;11-,12-,13+;;;/m10.../s1. The van der Waals surface area contributed by atoms with Gasteiger partial charge in [-0.3, -0.25) is 14.4 Å². The number of carbonyl (C=O) groups is 5. The Hall–Kier alpha value is -0.204. The molecule has 2 fully saturated rings. The molecule has 6 atom stereocenters. The Morgan fingerprint density at radius 3 is 1.19 bits per heavy atom. The zero-order valence-corrected chi connectivity index (χ0v) is 41.1. The van der Waals surface area contributed by atoms with Gasteiger partial charge in [-0.25, -0.2) is 9.59 Å². The molecule has 0 aromatic rings. The fourth-order valence-corrected chi connectivity index (χ4v) is 7.80. The van der Waals surface area contributed by atoms with Crippen LogP contribution in [-0.2, 0) is 33.3 Å². The number of hydrogen-bond acceptors (Lipinski definition) is 13. The molecule has 0 spiro atoms. The Bertz CT molecular complexity index is 1000. The number of esters is 2. The molecule has 0 bridgehead atoms. The smallest absolute Gasteiger partial charge is 0.855 e. The summed E-state index contributed by atoms with van der Waals surface area (Å²) in [5, 5.41) is 9.15. The predicted octanol–water partition coefficient (Wildman–Crippen LogP) is 3.90. The minimum Gasteiger partial charge on any atom is -0.855 e. The molecule has 2 amide bonds. The van der Waals surface area contributed by atoms with Crippen LogP contribution in [-0.4, -0.2) is 125 Å². The number of thioether (sulfide) groups is 3. The molecule has 0 saturated carbocycles. The molecule has 2 heterocycles. The van der Waals surface area contributed by atoms with Gasteiger partial charge in [-0.15, -0.1) is 6.61 Å². The Labute approximate surface area is 376 Å². The van der Waals surface area contributed by atoms with Crippen molar-refractivity contribution < 1.29 is 99.4 Å². The van der Waals surface area contributed by atoms with E-state index in [1.165, 1.54) is 11.8 Å². The van der Waals surface area contributed by atoms with Gasteiger partial charge in [0.25, 0.3) is 0 Å². The van der Waals surface area contributed by atoms with E-state index < -0.39 is 11.2 Å². The number of likely N-dealkylation sites (tertiary alicyclic amines) is 2. The topological polar surface area (TPSA) is 152 Å². The van der Waals surface area contributed by atoms with Crippen LogP contribution in [0, 0.1) is 11.8 Å². The van der Waals surface area contributed by atoms with Crippen LogP contribution < -0.4 is 56.5 Å². The maximum absolute atomic E-state index is 12.4. The van der Waals surface area contributed by atoms with E-state index in [2.05, 4.69) is 0 Å². The molecule has 0 aromatic heterocycles. The van der Waals surface area contributed by atoms with Crippen molar-refractivity contribution in [3.8, 4) is 0 Å². The van der Waals surface area contributed by atoms with Gasteiger partial charge in [-0.2, -0.15) is 23.5 Å². The molecule has 0 aromatic carbocycles. The van der Waals surface area contributed by atoms with Crippen LogP contribution in [0.15, 0.2) is 0 Å².